The molecule has 2 aromatic rings. The Morgan fingerprint density at radius 1 is 1.20 bits per heavy atom. The van der Waals surface area contributed by atoms with Crippen LogP contribution in [0.5, 0.6) is 0 Å². The maximum atomic E-state index is 6.25. The fourth-order valence-electron chi connectivity index (χ4n) is 2.63. The molecule has 0 saturated heterocycles. The minimum Gasteiger partial charge on any atom is -0.271 e. The number of benzene rings is 2. The Balaban J connectivity index is 1.74. The third kappa shape index (κ3) is 2.86. The van der Waals surface area contributed by atoms with Crippen LogP contribution in [0.15, 0.2) is 53.4 Å². The predicted octanol–water partition coefficient (Wildman–Crippen LogP) is 3.43. The van der Waals surface area contributed by atoms with Crippen LogP contribution in [0.2, 0.25) is 5.02 Å². The smallest absolute Gasteiger partial charge is 0.0438 e. The number of hydrazine groups is 1. The molecule has 0 aromatic heterocycles. The molecular formula is C16H17ClN2S. The molecule has 0 spiro atoms. The summed E-state index contributed by atoms with van der Waals surface area (Å²) in [6.45, 7) is 0. The van der Waals surface area contributed by atoms with Gasteiger partial charge in [0.05, 0.1) is 0 Å². The molecule has 2 aromatic carbocycles. The molecule has 0 fully saturated rings. The van der Waals surface area contributed by atoms with E-state index < -0.39 is 0 Å². The van der Waals surface area contributed by atoms with Crippen molar-refractivity contribution in [3.63, 3.8) is 0 Å². The molecule has 2 unspecified atom stereocenters. The second kappa shape index (κ2) is 6.19. The van der Waals surface area contributed by atoms with E-state index in [1.807, 2.05) is 30.0 Å². The number of thioether (sulfide) groups is 1. The first-order valence-corrected chi connectivity index (χ1v) is 7.98. The normalized spacial score (nSPS) is 18.8. The molecular weight excluding hydrogens is 288 g/mol. The standard InChI is InChI=1S/C16H17ClN2S/c17-13-7-3-1-5-11(13)9-14(19-18)16-10-12-6-2-4-8-15(12)20-16/h1-8,14,16,19H,9-10,18H2. The van der Waals surface area contributed by atoms with Crippen LogP contribution in [-0.4, -0.2) is 11.3 Å². The Morgan fingerprint density at radius 2 is 1.95 bits per heavy atom. The van der Waals surface area contributed by atoms with Gasteiger partial charge in [0.1, 0.15) is 0 Å². The summed E-state index contributed by atoms with van der Waals surface area (Å²) in [7, 11) is 0. The van der Waals surface area contributed by atoms with E-state index in [0.29, 0.717) is 5.25 Å². The van der Waals surface area contributed by atoms with Crippen LogP contribution < -0.4 is 11.3 Å². The van der Waals surface area contributed by atoms with Crippen molar-refractivity contribution in [1.82, 2.24) is 5.43 Å². The van der Waals surface area contributed by atoms with E-state index in [1.54, 1.807) is 0 Å². The lowest BCUT2D eigenvalue weighted by Gasteiger charge is -2.22. The maximum Gasteiger partial charge on any atom is 0.0438 e. The summed E-state index contributed by atoms with van der Waals surface area (Å²) in [4.78, 5) is 1.37. The van der Waals surface area contributed by atoms with E-state index in [-0.39, 0.29) is 6.04 Å². The number of halogens is 1. The first-order valence-electron chi connectivity index (χ1n) is 6.72. The van der Waals surface area contributed by atoms with E-state index in [0.717, 1.165) is 23.4 Å². The quantitative estimate of drug-likeness (QED) is 0.671. The molecule has 0 bridgehead atoms. The second-order valence-electron chi connectivity index (χ2n) is 5.04. The fraction of sp³-hybridized carbons (Fsp3) is 0.250. The number of hydrogen-bond acceptors (Lipinski definition) is 3. The van der Waals surface area contributed by atoms with Gasteiger partial charge in [0, 0.05) is 21.2 Å². The average molecular weight is 305 g/mol. The Hall–Kier alpha value is -1.00. The van der Waals surface area contributed by atoms with Gasteiger partial charge in [-0.2, -0.15) is 0 Å². The lowest BCUT2D eigenvalue weighted by molar-refractivity contribution is 0.506. The van der Waals surface area contributed by atoms with Gasteiger partial charge >= 0.3 is 0 Å². The zero-order valence-electron chi connectivity index (χ0n) is 11.1. The maximum absolute atomic E-state index is 6.25. The zero-order chi connectivity index (χ0) is 13.9. The van der Waals surface area contributed by atoms with Crippen LogP contribution in [0.1, 0.15) is 11.1 Å². The Bertz CT molecular complexity index is 578. The van der Waals surface area contributed by atoms with Crippen LogP contribution in [0.25, 0.3) is 0 Å². The summed E-state index contributed by atoms with van der Waals surface area (Å²) in [5.74, 6) is 5.78. The lowest BCUT2D eigenvalue weighted by Crippen LogP contribution is -2.44. The highest BCUT2D eigenvalue weighted by molar-refractivity contribution is 8.00. The van der Waals surface area contributed by atoms with Crippen molar-refractivity contribution in [1.29, 1.82) is 0 Å². The van der Waals surface area contributed by atoms with Crippen LogP contribution in [0.4, 0.5) is 0 Å². The minimum absolute atomic E-state index is 0.215. The third-order valence-electron chi connectivity index (χ3n) is 3.73. The summed E-state index contributed by atoms with van der Waals surface area (Å²) in [5.41, 5.74) is 5.54. The molecule has 0 radical (unpaired) electrons. The molecule has 104 valence electrons. The fourth-order valence-corrected chi connectivity index (χ4v) is 4.23. The first-order chi connectivity index (χ1) is 9.78. The molecule has 2 nitrogen and oxygen atoms in total. The van der Waals surface area contributed by atoms with Gasteiger partial charge in [0.25, 0.3) is 0 Å². The number of nitrogens with one attached hydrogen (secondary N) is 1. The molecule has 3 rings (SSSR count). The predicted molar refractivity (Wildman–Crippen MR) is 86.1 cm³/mol. The topological polar surface area (TPSA) is 38.0 Å². The summed E-state index contributed by atoms with van der Waals surface area (Å²) in [5, 5.41) is 1.27. The van der Waals surface area contributed by atoms with Gasteiger partial charge in [-0.1, -0.05) is 48.0 Å². The molecule has 20 heavy (non-hydrogen) atoms. The van der Waals surface area contributed by atoms with Gasteiger partial charge < -0.3 is 0 Å². The van der Waals surface area contributed by atoms with E-state index >= 15 is 0 Å². The van der Waals surface area contributed by atoms with Crippen molar-refractivity contribution in [3.8, 4) is 0 Å². The summed E-state index contributed by atoms with van der Waals surface area (Å²) >= 11 is 8.15. The molecule has 2 atom stereocenters. The Kier molecular flexibility index (Phi) is 4.32. The number of fused-ring (bicyclic) bond motifs is 1. The van der Waals surface area contributed by atoms with E-state index in [2.05, 4.69) is 35.8 Å². The van der Waals surface area contributed by atoms with Crippen LogP contribution >= 0.6 is 23.4 Å². The number of hydrogen-bond donors (Lipinski definition) is 2. The zero-order valence-corrected chi connectivity index (χ0v) is 12.6. The Labute approximate surface area is 128 Å². The van der Waals surface area contributed by atoms with Gasteiger partial charge in [-0.15, -0.1) is 11.8 Å². The van der Waals surface area contributed by atoms with Gasteiger partial charge in [0.2, 0.25) is 0 Å². The molecule has 0 saturated carbocycles. The van der Waals surface area contributed by atoms with Gasteiger partial charge in [-0.05, 0) is 36.1 Å². The highest BCUT2D eigenvalue weighted by Gasteiger charge is 2.29. The highest BCUT2D eigenvalue weighted by Crippen LogP contribution is 2.39. The monoisotopic (exact) mass is 304 g/mol. The average Bonchev–Trinajstić information content (AvgIpc) is 2.90. The van der Waals surface area contributed by atoms with Crippen molar-refractivity contribution in [2.45, 2.75) is 29.0 Å². The van der Waals surface area contributed by atoms with Crippen LogP contribution in [0, 0.1) is 0 Å². The van der Waals surface area contributed by atoms with Crippen molar-refractivity contribution in [2.75, 3.05) is 0 Å². The summed E-state index contributed by atoms with van der Waals surface area (Å²) in [6, 6.07) is 16.8. The SMILES string of the molecule is NNC(Cc1ccccc1Cl)C1Cc2ccccc2S1. The van der Waals surface area contributed by atoms with Crippen molar-refractivity contribution in [3.05, 3.63) is 64.7 Å². The molecule has 3 N–H and O–H groups in total. The molecule has 0 aliphatic carbocycles. The molecule has 0 amide bonds. The van der Waals surface area contributed by atoms with Gasteiger partial charge in [-0.3, -0.25) is 11.3 Å². The van der Waals surface area contributed by atoms with E-state index in [1.165, 1.54) is 10.5 Å². The van der Waals surface area contributed by atoms with Crippen LogP contribution in [0.3, 0.4) is 0 Å². The number of nitrogens with two attached hydrogens (primary N) is 1. The van der Waals surface area contributed by atoms with Gasteiger partial charge in [0.15, 0.2) is 0 Å². The van der Waals surface area contributed by atoms with Gasteiger partial charge in [-0.25, -0.2) is 0 Å². The molecule has 1 aliphatic heterocycles. The largest absolute Gasteiger partial charge is 0.271 e. The van der Waals surface area contributed by atoms with E-state index in [9.17, 15) is 0 Å². The first kappa shape index (κ1) is 14.0. The van der Waals surface area contributed by atoms with Crippen LogP contribution in [-0.2, 0) is 12.8 Å². The molecule has 1 aliphatic rings. The number of rotatable bonds is 4. The highest BCUT2D eigenvalue weighted by atomic mass is 35.5. The Morgan fingerprint density at radius 3 is 2.70 bits per heavy atom. The third-order valence-corrected chi connectivity index (χ3v) is 5.55. The molecule has 4 heteroatoms. The summed E-state index contributed by atoms with van der Waals surface area (Å²) in [6.07, 6.45) is 1.90. The lowest BCUT2D eigenvalue weighted by atomic mass is 9.99. The molecule has 1 heterocycles. The van der Waals surface area contributed by atoms with Crippen molar-refractivity contribution < 1.29 is 0 Å². The van der Waals surface area contributed by atoms with Crippen molar-refractivity contribution >= 4 is 23.4 Å². The van der Waals surface area contributed by atoms with E-state index in [4.69, 9.17) is 17.4 Å². The minimum atomic E-state index is 0.215. The summed E-state index contributed by atoms with van der Waals surface area (Å²) < 4.78 is 0. The second-order valence-corrected chi connectivity index (χ2v) is 6.73. The van der Waals surface area contributed by atoms with Crippen molar-refractivity contribution in [2.24, 2.45) is 5.84 Å².